The molecule has 0 aliphatic carbocycles. The van der Waals surface area contributed by atoms with Gasteiger partial charge in [-0.25, -0.2) is 4.79 Å². The second-order valence-electron chi connectivity index (χ2n) is 9.11. The van der Waals surface area contributed by atoms with E-state index >= 15 is 0 Å². The number of urea groups is 1. The standard InChI is InChI=1S/C25H32F3N3O3/c1-16(2)14-31(15-17(3)4)22-11-10-18(20(13-23(32)33)25(26,27)28)12-21(22)30-24(34)29-19-8-6-5-7-9-19/h5-12,16-17,20H,13-15H2,1-4H3,(H,32,33)(H2,29,30,34). The lowest BCUT2D eigenvalue weighted by atomic mass is 9.94. The average molecular weight is 480 g/mol. The summed E-state index contributed by atoms with van der Waals surface area (Å²) in [7, 11) is 0. The molecule has 2 rings (SSSR count). The van der Waals surface area contributed by atoms with Crippen LogP contribution in [0.25, 0.3) is 0 Å². The Morgan fingerprint density at radius 3 is 2.03 bits per heavy atom. The lowest BCUT2D eigenvalue weighted by Gasteiger charge is -2.31. The van der Waals surface area contributed by atoms with E-state index < -0.39 is 30.5 Å². The second kappa shape index (κ2) is 11.8. The largest absolute Gasteiger partial charge is 0.481 e. The number of halogens is 3. The summed E-state index contributed by atoms with van der Waals surface area (Å²) in [5, 5.41) is 14.4. The monoisotopic (exact) mass is 479 g/mol. The first-order valence-corrected chi connectivity index (χ1v) is 11.2. The van der Waals surface area contributed by atoms with Gasteiger partial charge < -0.3 is 20.6 Å². The Balaban J connectivity index is 2.50. The number of amides is 2. The molecule has 34 heavy (non-hydrogen) atoms. The van der Waals surface area contributed by atoms with Crippen LogP contribution in [-0.4, -0.2) is 36.4 Å². The number of para-hydroxylation sites is 1. The zero-order valence-electron chi connectivity index (χ0n) is 19.8. The van der Waals surface area contributed by atoms with Gasteiger partial charge in [-0.2, -0.15) is 13.2 Å². The number of carboxylic acid groups (broad SMARTS) is 1. The molecule has 0 aliphatic heterocycles. The summed E-state index contributed by atoms with van der Waals surface area (Å²) in [6, 6.07) is 12.1. The van der Waals surface area contributed by atoms with E-state index in [1.807, 2.05) is 32.6 Å². The molecule has 0 aromatic heterocycles. The number of rotatable bonds is 10. The smallest absolute Gasteiger partial charge is 0.396 e. The highest BCUT2D eigenvalue weighted by atomic mass is 19.4. The molecular weight excluding hydrogens is 447 g/mol. The maximum absolute atomic E-state index is 13.7. The molecule has 0 aliphatic rings. The molecule has 2 amide bonds. The van der Waals surface area contributed by atoms with Crippen molar-refractivity contribution in [2.45, 2.75) is 46.2 Å². The molecular formula is C25H32F3N3O3. The Morgan fingerprint density at radius 2 is 1.53 bits per heavy atom. The van der Waals surface area contributed by atoms with Crippen molar-refractivity contribution in [2.24, 2.45) is 11.8 Å². The van der Waals surface area contributed by atoms with E-state index in [4.69, 9.17) is 5.11 Å². The van der Waals surface area contributed by atoms with Gasteiger partial charge in [-0.05, 0) is 41.7 Å². The van der Waals surface area contributed by atoms with Gasteiger partial charge in [0.05, 0.1) is 23.7 Å². The van der Waals surface area contributed by atoms with Crippen LogP contribution in [0.4, 0.5) is 35.0 Å². The molecule has 3 N–H and O–H groups in total. The molecule has 2 aromatic rings. The van der Waals surface area contributed by atoms with Crippen molar-refractivity contribution in [2.75, 3.05) is 28.6 Å². The van der Waals surface area contributed by atoms with Crippen LogP contribution < -0.4 is 15.5 Å². The fourth-order valence-corrected chi connectivity index (χ4v) is 3.70. The molecule has 2 aromatic carbocycles. The number of aliphatic carboxylic acids is 1. The molecule has 9 heteroatoms. The highest BCUT2D eigenvalue weighted by Gasteiger charge is 2.42. The molecule has 1 unspecified atom stereocenters. The minimum absolute atomic E-state index is 0.187. The van der Waals surface area contributed by atoms with Gasteiger partial charge in [-0.3, -0.25) is 4.79 Å². The topological polar surface area (TPSA) is 81.7 Å². The van der Waals surface area contributed by atoms with Crippen LogP contribution in [0, 0.1) is 11.8 Å². The van der Waals surface area contributed by atoms with Crippen LogP contribution in [-0.2, 0) is 4.79 Å². The van der Waals surface area contributed by atoms with E-state index in [0.29, 0.717) is 24.5 Å². The number of nitrogens with one attached hydrogen (secondary N) is 2. The average Bonchev–Trinajstić information content (AvgIpc) is 2.70. The molecule has 1 atom stereocenters. The Bertz CT molecular complexity index is 953. The quantitative estimate of drug-likeness (QED) is 0.360. The third kappa shape index (κ3) is 8.28. The Kier molecular flexibility index (Phi) is 9.35. The van der Waals surface area contributed by atoms with Gasteiger partial charge in [0.2, 0.25) is 0 Å². The highest BCUT2D eigenvalue weighted by Crippen LogP contribution is 2.40. The van der Waals surface area contributed by atoms with Crippen LogP contribution in [0.5, 0.6) is 0 Å². The molecule has 0 saturated carbocycles. The lowest BCUT2D eigenvalue weighted by Crippen LogP contribution is -2.33. The third-order valence-electron chi connectivity index (χ3n) is 4.99. The number of benzene rings is 2. The van der Waals surface area contributed by atoms with Crippen molar-refractivity contribution in [1.29, 1.82) is 0 Å². The van der Waals surface area contributed by atoms with E-state index in [9.17, 15) is 22.8 Å². The molecule has 0 fully saturated rings. The summed E-state index contributed by atoms with van der Waals surface area (Å²) >= 11 is 0. The summed E-state index contributed by atoms with van der Waals surface area (Å²) in [6.45, 7) is 9.38. The first kappa shape index (κ1) is 27.0. The fraction of sp³-hybridized carbons (Fsp3) is 0.440. The number of alkyl halides is 3. The summed E-state index contributed by atoms with van der Waals surface area (Å²) in [5.41, 5.74) is 1.07. The predicted octanol–water partition coefficient (Wildman–Crippen LogP) is 6.57. The van der Waals surface area contributed by atoms with E-state index in [1.165, 1.54) is 18.2 Å². The molecule has 0 bridgehead atoms. The molecule has 6 nitrogen and oxygen atoms in total. The van der Waals surface area contributed by atoms with Crippen LogP contribution in [0.1, 0.15) is 45.6 Å². The van der Waals surface area contributed by atoms with E-state index in [2.05, 4.69) is 10.6 Å². The number of hydrogen-bond acceptors (Lipinski definition) is 3. The van der Waals surface area contributed by atoms with E-state index in [0.717, 1.165) is 0 Å². The minimum atomic E-state index is -4.75. The predicted molar refractivity (Wildman–Crippen MR) is 128 cm³/mol. The van der Waals surface area contributed by atoms with E-state index in [-0.39, 0.29) is 23.1 Å². The molecule has 0 heterocycles. The molecule has 0 spiro atoms. The number of carbonyl (C=O) groups is 2. The van der Waals surface area contributed by atoms with Crippen molar-refractivity contribution < 1.29 is 27.9 Å². The third-order valence-corrected chi connectivity index (χ3v) is 4.99. The summed E-state index contributed by atoms with van der Waals surface area (Å²) in [6.07, 6.45) is -5.85. The van der Waals surface area contributed by atoms with Crippen LogP contribution >= 0.6 is 0 Å². The number of nitrogens with zero attached hydrogens (tertiary/aromatic N) is 1. The van der Waals surface area contributed by atoms with Gasteiger partial charge in [0.1, 0.15) is 0 Å². The summed E-state index contributed by atoms with van der Waals surface area (Å²) < 4.78 is 41.0. The SMILES string of the molecule is CC(C)CN(CC(C)C)c1ccc(C(CC(=O)O)C(F)(F)F)cc1NC(=O)Nc1ccccc1. The van der Waals surface area contributed by atoms with Crippen LogP contribution in [0.3, 0.4) is 0 Å². The maximum atomic E-state index is 13.7. The Morgan fingerprint density at radius 1 is 0.941 bits per heavy atom. The van der Waals surface area contributed by atoms with Gasteiger partial charge >= 0.3 is 18.2 Å². The van der Waals surface area contributed by atoms with Crippen LogP contribution in [0.2, 0.25) is 0 Å². The summed E-state index contributed by atoms with van der Waals surface area (Å²) in [4.78, 5) is 25.9. The maximum Gasteiger partial charge on any atom is 0.396 e. The van der Waals surface area contributed by atoms with Gasteiger partial charge in [0, 0.05) is 18.8 Å². The van der Waals surface area contributed by atoms with Crippen molar-refractivity contribution in [3.63, 3.8) is 0 Å². The lowest BCUT2D eigenvalue weighted by molar-refractivity contribution is -0.163. The number of anilines is 3. The van der Waals surface area contributed by atoms with Crippen molar-refractivity contribution in [3.05, 3.63) is 54.1 Å². The highest BCUT2D eigenvalue weighted by molar-refractivity contribution is 6.02. The molecule has 0 saturated heterocycles. The zero-order valence-corrected chi connectivity index (χ0v) is 19.8. The van der Waals surface area contributed by atoms with Crippen molar-refractivity contribution in [3.8, 4) is 0 Å². The van der Waals surface area contributed by atoms with Crippen molar-refractivity contribution in [1.82, 2.24) is 0 Å². The van der Waals surface area contributed by atoms with Crippen LogP contribution in [0.15, 0.2) is 48.5 Å². The van der Waals surface area contributed by atoms with Gasteiger partial charge in [0.15, 0.2) is 0 Å². The Hall–Kier alpha value is -3.23. The van der Waals surface area contributed by atoms with Gasteiger partial charge in [0.25, 0.3) is 0 Å². The first-order valence-electron chi connectivity index (χ1n) is 11.2. The minimum Gasteiger partial charge on any atom is -0.481 e. The first-order chi connectivity index (χ1) is 15.9. The zero-order chi connectivity index (χ0) is 25.5. The normalized spacial score (nSPS) is 12.5. The van der Waals surface area contributed by atoms with Gasteiger partial charge in [-0.1, -0.05) is 52.0 Å². The number of carboxylic acids is 1. The number of carbonyl (C=O) groups excluding carboxylic acids is 1. The van der Waals surface area contributed by atoms with Crippen molar-refractivity contribution >= 4 is 29.1 Å². The molecule has 186 valence electrons. The Labute approximate surface area is 198 Å². The fourth-order valence-electron chi connectivity index (χ4n) is 3.70. The number of hydrogen-bond donors (Lipinski definition) is 3. The summed E-state index contributed by atoms with van der Waals surface area (Å²) in [5.74, 6) is -3.22. The van der Waals surface area contributed by atoms with E-state index in [1.54, 1.807) is 30.3 Å². The van der Waals surface area contributed by atoms with Gasteiger partial charge in [-0.15, -0.1) is 0 Å². The molecule has 0 radical (unpaired) electrons. The second-order valence-corrected chi connectivity index (χ2v) is 9.11.